The van der Waals surface area contributed by atoms with Crippen LogP contribution in [0.3, 0.4) is 0 Å². The first kappa shape index (κ1) is 16.4. The van der Waals surface area contributed by atoms with Crippen molar-refractivity contribution in [1.29, 1.82) is 0 Å². The molecule has 3 rings (SSSR count). The number of amides is 3. The first-order valence-electron chi connectivity index (χ1n) is 7.74. The Labute approximate surface area is 145 Å². The lowest BCUT2D eigenvalue weighted by Gasteiger charge is -2.10. The van der Waals surface area contributed by atoms with Crippen LogP contribution in [0.4, 0.5) is 11.4 Å². The number of hydrogen-bond donors (Lipinski definition) is 2. The van der Waals surface area contributed by atoms with Crippen LogP contribution < -0.4 is 10.6 Å². The van der Waals surface area contributed by atoms with E-state index in [4.69, 9.17) is 0 Å². The Morgan fingerprint density at radius 3 is 2.08 bits per heavy atom. The van der Waals surface area contributed by atoms with Crippen molar-refractivity contribution in [2.75, 3.05) is 17.7 Å². The van der Waals surface area contributed by atoms with Crippen LogP contribution in [0.5, 0.6) is 0 Å². The smallest absolute Gasteiger partial charge is 0.277 e. The van der Waals surface area contributed by atoms with Gasteiger partial charge in [0.15, 0.2) is 0 Å². The van der Waals surface area contributed by atoms with Crippen molar-refractivity contribution < 1.29 is 14.4 Å². The molecule has 2 aromatic rings. The van der Waals surface area contributed by atoms with Crippen molar-refractivity contribution in [1.82, 2.24) is 4.90 Å². The van der Waals surface area contributed by atoms with E-state index in [1.54, 1.807) is 36.4 Å². The highest BCUT2D eigenvalue weighted by atomic mass is 16.2. The Morgan fingerprint density at radius 1 is 0.880 bits per heavy atom. The molecule has 0 radical (unpaired) electrons. The quantitative estimate of drug-likeness (QED) is 0.842. The Hall–Kier alpha value is -3.41. The minimum atomic E-state index is -0.380. The van der Waals surface area contributed by atoms with Crippen LogP contribution in [-0.2, 0) is 14.4 Å². The van der Waals surface area contributed by atoms with Gasteiger partial charge in [-0.25, -0.2) is 0 Å². The third-order valence-electron chi connectivity index (χ3n) is 3.82. The zero-order valence-electron chi connectivity index (χ0n) is 13.9. The molecule has 0 spiro atoms. The molecule has 0 atom stereocenters. The summed E-state index contributed by atoms with van der Waals surface area (Å²) >= 11 is 0. The van der Waals surface area contributed by atoms with Gasteiger partial charge in [-0.15, -0.1) is 0 Å². The minimum absolute atomic E-state index is 0.159. The van der Waals surface area contributed by atoms with Crippen molar-refractivity contribution in [3.05, 3.63) is 65.9 Å². The molecule has 0 unspecified atom stereocenters. The summed E-state index contributed by atoms with van der Waals surface area (Å²) in [6, 6.07) is 16.0. The minimum Gasteiger partial charge on any atom is -0.350 e. The predicted octanol–water partition coefficient (Wildman–Crippen LogP) is 2.47. The molecule has 6 heteroatoms. The van der Waals surface area contributed by atoms with Gasteiger partial charge in [0, 0.05) is 25.3 Å². The Kier molecular flexibility index (Phi) is 4.35. The van der Waals surface area contributed by atoms with E-state index in [-0.39, 0.29) is 23.4 Å². The van der Waals surface area contributed by atoms with Crippen LogP contribution in [0.2, 0.25) is 0 Å². The average molecular weight is 335 g/mol. The molecule has 0 saturated heterocycles. The highest BCUT2D eigenvalue weighted by Gasteiger charge is 2.36. The maximum absolute atomic E-state index is 12.5. The number of benzene rings is 2. The molecule has 126 valence electrons. The monoisotopic (exact) mass is 335 g/mol. The van der Waals surface area contributed by atoms with Crippen molar-refractivity contribution in [2.24, 2.45) is 0 Å². The van der Waals surface area contributed by atoms with Crippen LogP contribution in [0.1, 0.15) is 12.5 Å². The summed E-state index contributed by atoms with van der Waals surface area (Å²) in [5, 5.41) is 5.71. The van der Waals surface area contributed by atoms with Crippen molar-refractivity contribution in [3.8, 4) is 0 Å². The number of likely N-dealkylation sites (N-methyl/N-ethyl adjacent to an activating group) is 1. The van der Waals surface area contributed by atoms with Gasteiger partial charge in [-0.1, -0.05) is 30.3 Å². The van der Waals surface area contributed by atoms with Gasteiger partial charge >= 0.3 is 0 Å². The van der Waals surface area contributed by atoms with Crippen molar-refractivity contribution in [2.45, 2.75) is 6.92 Å². The van der Waals surface area contributed by atoms with E-state index in [2.05, 4.69) is 10.6 Å². The van der Waals surface area contributed by atoms with Gasteiger partial charge < -0.3 is 10.6 Å². The van der Waals surface area contributed by atoms with E-state index in [0.29, 0.717) is 22.5 Å². The van der Waals surface area contributed by atoms with Gasteiger partial charge in [0.2, 0.25) is 5.91 Å². The molecule has 25 heavy (non-hydrogen) atoms. The van der Waals surface area contributed by atoms with E-state index < -0.39 is 0 Å². The maximum Gasteiger partial charge on any atom is 0.277 e. The predicted molar refractivity (Wildman–Crippen MR) is 95.5 cm³/mol. The van der Waals surface area contributed by atoms with Gasteiger partial charge in [0.1, 0.15) is 5.70 Å². The fourth-order valence-corrected chi connectivity index (χ4v) is 2.61. The largest absolute Gasteiger partial charge is 0.350 e. The average Bonchev–Trinajstić information content (AvgIpc) is 2.81. The molecule has 0 bridgehead atoms. The lowest BCUT2D eigenvalue weighted by atomic mass is 10.0. The molecule has 0 fully saturated rings. The first-order valence-corrected chi connectivity index (χ1v) is 7.74. The zero-order chi connectivity index (χ0) is 18.0. The summed E-state index contributed by atoms with van der Waals surface area (Å²) < 4.78 is 0. The summed E-state index contributed by atoms with van der Waals surface area (Å²) in [4.78, 5) is 37.1. The summed E-state index contributed by atoms with van der Waals surface area (Å²) in [7, 11) is 1.46. The molecule has 2 aromatic carbocycles. The fraction of sp³-hybridized carbons (Fsp3) is 0.105. The molecule has 0 aliphatic carbocycles. The maximum atomic E-state index is 12.5. The molecular formula is C19H17N3O3. The summed E-state index contributed by atoms with van der Waals surface area (Å²) in [5.41, 5.74) is 2.57. The lowest BCUT2D eigenvalue weighted by molar-refractivity contribution is -0.135. The molecular weight excluding hydrogens is 318 g/mol. The zero-order valence-corrected chi connectivity index (χ0v) is 13.9. The SMILES string of the molecule is CC(=O)Nc1ccc(NC2=C(c3ccccc3)C(=O)N(C)C2=O)cc1. The van der Waals surface area contributed by atoms with E-state index in [0.717, 1.165) is 4.90 Å². The van der Waals surface area contributed by atoms with Gasteiger partial charge in [0.05, 0.1) is 5.57 Å². The summed E-state index contributed by atoms with van der Waals surface area (Å²) in [5.74, 6) is -0.878. The second-order valence-corrected chi connectivity index (χ2v) is 5.67. The standard InChI is InChI=1S/C19H17N3O3/c1-12(23)20-14-8-10-15(11-9-14)21-17-16(13-6-4-3-5-7-13)18(24)22(2)19(17)25/h3-11,21H,1-2H3,(H,20,23). The molecule has 1 aliphatic heterocycles. The Balaban J connectivity index is 1.95. The number of carbonyl (C=O) groups is 3. The van der Waals surface area contributed by atoms with Crippen LogP contribution in [0.15, 0.2) is 60.3 Å². The van der Waals surface area contributed by atoms with E-state index in [1.807, 2.05) is 18.2 Å². The second-order valence-electron chi connectivity index (χ2n) is 5.67. The van der Waals surface area contributed by atoms with Crippen molar-refractivity contribution >= 4 is 34.7 Å². The van der Waals surface area contributed by atoms with Crippen LogP contribution in [-0.4, -0.2) is 29.7 Å². The molecule has 0 aromatic heterocycles. The third kappa shape index (κ3) is 3.28. The number of nitrogens with one attached hydrogen (secondary N) is 2. The number of carbonyl (C=O) groups excluding carboxylic acids is 3. The van der Waals surface area contributed by atoms with Crippen LogP contribution in [0.25, 0.3) is 5.57 Å². The van der Waals surface area contributed by atoms with E-state index in [9.17, 15) is 14.4 Å². The Bertz CT molecular complexity index is 871. The first-order chi connectivity index (χ1) is 12.0. The number of hydrogen-bond acceptors (Lipinski definition) is 4. The third-order valence-corrected chi connectivity index (χ3v) is 3.82. The second kappa shape index (κ2) is 6.60. The highest BCUT2D eigenvalue weighted by molar-refractivity contribution is 6.36. The lowest BCUT2D eigenvalue weighted by Crippen LogP contribution is -2.27. The fourth-order valence-electron chi connectivity index (χ4n) is 2.61. The van der Waals surface area contributed by atoms with E-state index >= 15 is 0 Å². The number of rotatable bonds is 4. The van der Waals surface area contributed by atoms with Gasteiger partial charge in [-0.05, 0) is 29.8 Å². The summed E-state index contributed by atoms with van der Waals surface area (Å²) in [6.45, 7) is 1.43. The van der Waals surface area contributed by atoms with E-state index in [1.165, 1.54) is 14.0 Å². The molecule has 6 nitrogen and oxygen atoms in total. The topological polar surface area (TPSA) is 78.5 Å². The number of anilines is 2. The molecule has 0 saturated carbocycles. The molecule has 3 amide bonds. The van der Waals surface area contributed by atoms with Crippen molar-refractivity contribution in [3.63, 3.8) is 0 Å². The molecule has 2 N–H and O–H groups in total. The Morgan fingerprint density at radius 2 is 1.48 bits per heavy atom. The summed E-state index contributed by atoms with van der Waals surface area (Å²) in [6.07, 6.45) is 0. The highest BCUT2D eigenvalue weighted by Crippen LogP contribution is 2.29. The number of nitrogens with zero attached hydrogens (tertiary/aromatic N) is 1. The molecule has 1 heterocycles. The van der Waals surface area contributed by atoms with Gasteiger partial charge in [-0.2, -0.15) is 0 Å². The molecule has 1 aliphatic rings. The van der Waals surface area contributed by atoms with Crippen LogP contribution >= 0.6 is 0 Å². The number of imide groups is 1. The normalized spacial score (nSPS) is 14.1. The van der Waals surface area contributed by atoms with Crippen LogP contribution in [0, 0.1) is 0 Å². The van der Waals surface area contributed by atoms with Gasteiger partial charge in [-0.3, -0.25) is 19.3 Å². The van der Waals surface area contributed by atoms with Gasteiger partial charge in [0.25, 0.3) is 11.8 Å².